The van der Waals surface area contributed by atoms with Gasteiger partial charge in [-0.2, -0.15) is 13.2 Å². The fourth-order valence-electron chi connectivity index (χ4n) is 2.88. The van der Waals surface area contributed by atoms with Crippen molar-refractivity contribution in [2.45, 2.75) is 32.0 Å². The number of rotatable bonds is 7. The maximum Gasteiger partial charge on any atom is 0.416 e. The molecule has 0 aliphatic carbocycles. The molecule has 1 saturated heterocycles. The van der Waals surface area contributed by atoms with Gasteiger partial charge >= 0.3 is 6.18 Å². The highest BCUT2D eigenvalue weighted by Gasteiger charge is 2.31. The van der Waals surface area contributed by atoms with Gasteiger partial charge in [-0.05, 0) is 38.0 Å². The molecule has 0 radical (unpaired) electrons. The van der Waals surface area contributed by atoms with E-state index >= 15 is 0 Å². The first-order valence-corrected chi connectivity index (χ1v) is 8.29. The summed E-state index contributed by atoms with van der Waals surface area (Å²) in [5, 5.41) is 5.58. The van der Waals surface area contributed by atoms with E-state index in [1.54, 1.807) is 6.92 Å². The van der Waals surface area contributed by atoms with E-state index in [-0.39, 0.29) is 18.5 Å². The van der Waals surface area contributed by atoms with Crippen LogP contribution >= 0.6 is 0 Å². The minimum Gasteiger partial charge on any atom is -0.383 e. The summed E-state index contributed by atoms with van der Waals surface area (Å²) in [5.41, 5.74) is 0.292. The summed E-state index contributed by atoms with van der Waals surface area (Å²) in [5.74, 6) is -0.297. The van der Waals surface area contributed by atoms with Gasteiger partial charge in [0, 0.05) is 26.2 Å². The second kappa shape index (κ2) is 8.42. The maximum absolute atomic E-state index is 13.0. The number of ether oxygens (including phenoxy) is 1. The van der Waals surface area contributed by atoms with E-state index in [2.05, 4.69) is 10.6 Å². The largest absolute Gasteiger partial charge is 0.416 e. The molecular weight excluding hydrogens is 335 g/mol. The predicted octanol–water partition coefficient (Wildman–Crippen LogP) is 2.87. The Morgan fingerprint density at radius 2 is 2.00 bits per heavy atom. The third kappa shape index (κ3) is 5.52. The van der Waals surface area contributed by atoms with E-state index in [1.165, 1.54) is 13.2 Å². The molecule has 1 aromatic carbocycles. The summed E-state index contributed by atoms with van der Waals surface area (Å²) in [6.07, 6.45) is -2.40. The van der Waals surface area contributed by atoms with E-state index < -0.39 is 11.7 Å². The van der Waals surface area contributed by atoms with E-state index in [0.717, 1.165) is 38.1 Å². The number of halogens is 3. The Morgan fingerprint density at radius 1 is 1.32 bits per heavy atom. The lowest BCUT2D eigenvalue weighted by Gasteiger charge is -2.23. The highest BCUT2D eigenvalue weighted by molar-refractivity contribution is 5.83. The summed E-state index contributed by atoms with van der Waals surface area (Å²) in [6, 6.07) is 3.46. The number of carbonyl (C=O) groups excluding carboxylic acids is 1. The van der Waals surface area contributed by atoms with Crippen LogP contribution in [0.15, 0.2) is 18.2 Å². The number of benzene rings is 1. The van der Waals surface area contributed by atoms with Crippen molar-refractivity contribution < 1.29 is 22.7 Å². The molecule has 140 valence electrons. The fourth-order valence-corrected chi connectivity index (χ4v) is 2.88. The molecule has 1 aromatic rings. The van der Waals surface area contributed by atoms with Crippen molar-refractivity contribution in [3.8, 4) is 0 Å². The lowest BCUT2D eigenvalue weighted by Crippen LogP contribution is -2.39. The van der Waals surface area contributed by atoms with Crippen LogP contribution in [0, 0.1) is 0 Å². The third-order valence-electron chi connectivity index (χ3n) is 4.03. The maximum atomic E-state index is 13.0. The molecule has 0 aromatic heterocycles. The van der Waals surface area contributed by atoms with Crippen LogP contribution in [-0.4, -0.2) is 45.3 Å². The Balaban J connectivity index is 2.11. The van der Waals surface area contributed by atoms with Gasteiger partial charge in [-0.25, -0.2) is 0 Å². The number of methoxy groups -OCH3 is 1. The zero-order valence-electron chi connectivity index (χ0n) is 14.4. The summed E-state index contributed by atoms with van der Waals surface area (Å²) in [4.78, 5) is 14.0. The number of anilines is 2. The summed E-state index contributed by atoms with van der Waals surface area (Å²) in [7, 11) is 1.53. The minimum atomic E-state index is -4.42. The molecule has 1 fully saturated rings. The Morgan fingerprint density at radius 3 is 2.60 bits per heavy atom. The number of hydrogen-bond donors (Lipinski definition) is 2. The van der Waals surface area contributed by atoms with Crippen molar-refractivity contribution >= 4 is 17.3 Å². The molecule has 25 heavy (non-hydrogen) atoms. The van der Waals surface area contributed by atoms with Crippen LogP contribution in [0.1, 0.15) is 25.3 Å². The van der Waals surface area contributed by atoms with Gasteiger partial charge in [-0.1, -0.05) is 0 Å². The quantitative estimate of drug-likeness (QED) is 0.786. The van der Waals surface area contributed by atoms with Gasteiger partial charge in [0.15, 0.2) is 0 Å². The molecule has 1 aliphatic rings. The number of hydrogen-bond acceptors (Lipinski definition) is 4. The van der Waals surface area contributed by atoms with Crippen molar-refractivity contribution in [2.24, 2.45) is 0 Å². The van der Waals surface area contributed by atoms with Gasteiger partial charge in [0.25, 0.3) is 0 Å². The van der Waals surface area contributed by atoms with E-state index in [1.807, 2.05) is 4.90 Å². The number of amides is 1. The van der Waals surface area contributed by atoms with E-state index in [0.29, 0.717) is 18.0 Å². The highest BCUT2D eigenvalue weighted by atomic mass is 19.4. The number of alkyl halides is 3. The molecule has 5 nitrogen and oxygen atoms in total. The Hall–Kier alpha value is -1.96. The Kier molecular flexibility index (Phi) is 6.52. The number of nitrogens with zero attached hydrogens (tertiary/aromatic N) is 1. The van der Waals surface area contributed by atoms with Crippen LogP contribution in [-0.2, 0) is 15.7 Å². The molecule has 0 saturated carbocycles. The number of nitrogens with one attached hydrogen (secondary N) is 2. The molecule has 1 heterocycles. The minimum absolute atomic E-state index is 0.101. The fraction of sp³-hybridized carbons (Fsp3) is 0.588. The Bertz CT molecular complexity index is 587. The standard InChI is InChI=1S/C17H24F3N3O2/c1-12(11-25-2)22-16(24)10-21-14-9-13(17(18,19)20)5-6-15(14)23-7-3-4-8-23/h5-6,9,12,21H,3-4,7-8,10-11H2,1-2H3,(H,22,24). The average Bonchev–Trinajstić information content (AvgIpc) is 3.06. The van der Waals surface area contributed by atoms with Crippen LogP contribution in [0.4, 0.5) is 24.5 Å². The van der Waals surface area contributed by atoms with Gasteiger partial charge in [0.05, 0.1) is 30.1 Å². The first-order chi connectivity index (χ1) is 11.8. The van der Waals surface area contributed by atoms with E-state index in [9.17, 15) is 18.0 Å². The van der Waals surface area contributed by atoms with E-state index in [4.69, 9.17) is 4.74 Å². The number of carbonyl (C=O) groups is 1. The monoisotopic (exact) mass is 359 g/mol. The first kappa shape index (κ1) is 19.4. The van der Waals surface area contributed by atoms with Gasteiger partial charge in [0.1, 0.15) is 0 Å². The van der Waals surface area contributed by atoms with Crippen LogP contribution in [0.5, 0.6) is 0 Å². The normalized spacial score (nSPS) is 16.0. The average molecular weight is 359 g/mol. The summed E-state index contributed by atoms with van der Waals surface area (Å²) in [6.45, 7) is 3.67. The van der Waals surface area contributed by atoms with Crippen LogP contribution < -0.4 is 15.5 Å². The third-order valence-corrected chi connectivity index (χ3v) is 4.03. The zero-order valence-corrected chi connectivity index (χ0v) is 14.4. The molecule has 0 bridgehead atoms. The smallest absolute Gasteiger partial charge is 0.383 e. The van der Waals surface area contributed by atoms with Gasteiger partial charge < -0.3 is 20.3 Å². The van der Waals surface area contributed by atoms with Crippen LogP contribution in [0.3, 0.4) is 0 Å². The predicted molar refractivity (Wildman–Crippen MR) is 90.9 cm³/mol. The summed E-state index contributed by atoms with van der Waals surface area (Å²) < 4.78 is 43.9. The SMILES string of the molecule is COCC(C)NC(=O)CNc1cc(C(F)(F)F)ccc1N1CCCC1. The molecule has 1 amide bonds. The van der Waals surface area contributed by atoms with Crippen molar-refractivity contribution in [1.29, 1.82) is 0 Å². The van der Waals surface area contributed by atoms with Gasteiger partial charge in [0.2, 0.25) is 5.91 Å². The molecule has 2 N–H and O–H groups in total. The zero-order chi connectivity index (χ0) is 18.4. The highest BCUT2D eigenvalue weighted by Crippen LogP contribution is 2.36. The van der Waals surface area contributed by atoms with Gasteiger partial charge in [-0.3, -0.25) is 4.79 Å². The van der Waals surface area contributed by atoms with Gasteiger partial charge in [-0.15, -0.1) is 0 Å². The molecule has 1 unspecified atom stereocenters. The molecule has 1 atom stereocenters. The molecule has 1 aliphatic heterocycles. The molecule has 2 rings (SSSR count). The van der Waals surface area contributed by atoms with Crippen molar-refractivity contribution in [1.82, 2.24) is 5.32 Å². The topological polar surface area (TPSA) is 53.6 Å². The lowest BCUT2D eigenvalue weighted by atomic mass is 10.1. The Labute approximate surface area is 145 Å². The molecule has 0 spiro atoms. The lowest BCUT2D eigenvalue weighted by molar-refractivity contribution is -0.137. The van der Waals surface area contributed by atoms with Crippen molar-refractivity contribution in [3.63, 3.8) is 0 Å². The van der Waals surface area contributed by atoms with Crippen LogP contribution in [0.25, 0.3) is 0 Å². The second-order valence-electron chi connectivity index (χ2n) is 6.20. The summed E-state index contributed by atoms with van der Waals surface area (Å²) >= 11 is 0. The van der Waals surface area contributed by atoms with Crippen molar-refractivity contribution in [2.75, 3.05) is 43.6 Å². The second-order valence-corrected chi connectivity index (χ2v) is 6.20. The first-order valence-electron chi connectivity index (χ1n) is 8.29. The van der Waals surface area contributed by atoms with Crippen LogP contribution in [0.2, 0.25) is 0 Å². The van der Waals surface area contributed by atoms with Crippen molar-refractivity contribution in [3.05, 3.63) is 23.8 Å². The molecular formula is C17H24F3N3O2. The molecule has 8 heteroatoms.